The van der Waals surface area contributed by atoms with E-state index in [2.05, 4.69) is 5.32 Å². The first-order chi connectivity index (χ1) is 15.8. The maximum atomic E-state index is 13.1. The van der Waals surface area contributed by atoms with Crippen molar-refractivity contribution in [3.05, 3.63) is 67.8 Å². The SMILES string of the molecule is O=C(c1cccc(NC2=C(Cl)C(=O)N(c3cc(Cl)c(Cl)cc3Cl)C2=O)c1)N1CCCCCC1. The number of imide groups is 1. The largest absolute Gasteiger partial charge is 0.350 e. The smallest absolute Gasteiger partial charge is 0.283 e. The van der Waals surface area contributed by atoms with Crippen LogP contribution in [0, 0.1) is 0 Å². The van der Waals surface area contributed by atoms with Crippen LogP contribution in [0.5, 0.6) is 0 Å². The fourth-order valence-corrected chi connectivity index (χ4v) is 4.68. The monoisotopic (exact) mass is 525 g/mol. The second kappa shape index (κ2) is 9.94. The fourth-order valence-electron chi connectivity index (χ4n) is 3.84. The molecule has 0 spiro atoms. The fraction of sp³-hybridized carbons (Fsp3) is 0.261. The third-order valence-corrected chi connectivity index (χ3v) is 6.91. The van der Waals surface area contributed by atoms with Crippen LogP contribution in [0.3, 0.4) is 0 Å². The molecule has 1 saturated heterocycles. The van der Waals surface area contributed by atoms with E-state index in [9.17, 15) is 14.4 Å². The standard InChI is InChI=1S/C23H19Cl4N3O3/c24-15-11-17(26)18(12-16(15)25)30-22(32)19(27)20(23(30)33)28-14-7-5-6-13(10-14)21(31)29-8-3-1-2-4-9-29/h5-7,10-12,28H,1-4,8-9H2. The molecule has 172 valence electrons. The van der Waals surface area contributed by atoms with E-state index in [4.69, 9.17) is 46.4 Å². The molecule has 0 aromatic heterocycles. The van der Waals surface area contributed by atoms with Crippen LogP contribution in [0.15, 0.2) is 47.1 Å². The highest BCUT2D eigenvalue weighted by Gasteiger charge is 2.40. The molecule has 0 saturated carbocycles. The lowest BCUT2D eigenvalue weighted by Crippen LogP contribution is -2.32. The maximum absolute atomic E-state index is 13.1. The third-order valence-electron chi connectivity index (χ3n) is 5.53. The third kappa shape index (κ3) is 4.85. The molecule has 0 bridgehead atoms. The van der Waals surface area contributed by atoms with Crippen molar-refractivity contribution in [3.8, 4) is 0 Å². The summed E-state index contributed by atoms with van der Waals surface area (Å²) in [5, 5.41) is 2.98. The molecule has 2 aliphatic rings. The van der Waals surface area contributed by atoms with Gasteiger partial charge in [-0.3, -0.25) is 14.4 Å². The number of rotatable bonds is 4. The van der Waals surface area contributed by atoms with Crippen LogP contribution in [0.2, 0.25) is 15.1 Å². The lowest BCUT2D eigenvalue weighted by atomic mass is 10.1. The summed E-state index contributed by atoms with van der Waals surface area (Å²) in [4.78, 5) is 41.5. The van der Waals surface area contributed by atoms with Crippen molar-refractivity contribution >= 4 is 75.5 Å². The Hall–Kier alpha value is -2.25. The lowest BCUT2D eigenvalue weighted by molar-refractivity contribution is -0.120. The zero-order chi connectivity index (χ0) is 23.7. The van der Waals surface area contributed by atoms with Crippen LogP contribution in [-0.4, -0.2) is 35.7 Å². The highest BCUT2D eigenvalue weighted by Crippen LogP contribution is 2.38. The van der Waals surface area contributed by atoms with E-state index in [1.165, 1.54) is 12.1 Å². The minimum absolute atomic E-state index is 0.0705. The molecule has 0 aliphatic carbocycles. The summed E-state index contributed by atoms with van der Waals surface area (Å²) in [7, 11) is 0. The molecule has 2 aliphatic heterocycles. The number of likely N-dealkylation sites (tertiary alicyclic amines) is 1. The second-order valence-corrected chi connectivity index (χ2v) is 9.36. The first-order valence-electron chi connectivity index (χ1n) is 10.4. The number of nitrogens with zero attached hydrogens (tertiary/aromatic N) is 2. The average molecular weight is 527 g/mol. The molecule has 0 atom stereocenters. The molecule has 10 heteroatoms. The molecule has 2 heterocycles. The Morgan fingerprint density at radius 1 is 0.818 bits per heavy atom. The number of carbonyl (C=O) groups is 3. The van der Waals surface area contributed by atoms with Gasteiger partial charge >= 0.3 is 0 Å². The Labute approximate surface area is 211 Å². The van der Waals surface area contributed by atoms with E-state index < -0.39 is 11.8 Å². The predicted octanol–water partition coefficient (Wildman–Crippen LogP) is 6.10. The topological polar surface area (TPSA) is 69.7 Å². The van der Waals surface area contributed by atoms with Gasteiger partial charge < -0.3 is 10.2 Å². The number of amides is 3. The molecule has 0 radical (unpaired) electrons. The summed E-state index contributed by atoms with van der Waals surface area (Å²) in [5.74, 6) is -1.52. The Kier molecular flexibility index (Phi) is 7.19. The molecule has 4 rings (SSSR count). The maximum Gasteiger partial charge on any atom is 0.283 e. The minimum Gasteiger partial charge on any atom is -0.350 e. The molecular weight excluding hydrogens is 508 g/mol. The van der Waals surface area contributed by atoms with Crippen molar-refractivity contribution in [1.29, 1.82) is 0 Å². The molecule has 2 aromatic rings. The number of benzene rings is 2. The molecule has 2 aromatic carbocycles. The first-order valence-corrected chi connectivity index (χ1v) is 11.9. The molecule has 1 fully saturated rings. The number of halogens is 4. The van der Waals surface area contributed by atoms with E-state index >= 15 is 0 Å². The van der Waals surface area contributed by atoms with Crippen LogP contribution in [0.4, 0.5) is 11.4 Å². The molecule has 0 unspecified atom stereocenters. The van der Waals surface area contributed by atoms with E-state index in [-0.39, 0.29) is 37.4 Å². The second-order valence-electron chi connectivity index (χ2n) is 7.76. The van der Waals surface area contributed by atoms with Crippen molar-refractivity contribution in [2.45, 2.75) is 25.7 Å². The Morgan fingerprint density at radius 3 is 2.18 bits per heavy atom. The Balaban J connectivity index is 1.57. The lowest BCUT2D eigenvalue weighted by Gasteiger charge is -2.21. The van der Waals surface area contributed by atoms with Gasteiger partial charge in [-0.25, -0.2) is 4.90 Å². The van der Waals surface area contributed by atoms with Crippen LogP contribution in [0.25, 0.3) is 0 Å². The van der Waals surface area contributed by atoms with E-state index in [0.29, 0.717) is 11.3 Å². The number of hydrogen-bond acceptors (Lipinski definition) is 4. The van der Waals surface area contributed by atoms with Crippen LogP contribution < -0.4 is 10.2 Å². The van der Waals surface area contributed by atoms with Gasteiger partial charge in [0.1, 0.15) is 10.7 Å². The number of anilines is 2. The highest BCUT2D eigenvalue weighted by molar-refractivity contribution is 6.54. The van der Waals surface area contributed by atoms with Gasteiger partial charge in [0.05, 0.1) is 20.8 Å². The summed E-state index contributed by atoms with van der Waals surface area (Å²) >= 11 is 24.4. The Morgan fingerprint density at radius 2 is 1.48 bits per heavy atom. The van der Waals surface area contributed by atoms with Gasteiger partial charge in [-0.05, 0) is 43.2 Å². The Bertz CT molecular complexity index is 1170. The van der Waals surface area contributed by atoms with Crippen LogP contribution in [-0.2, 0) is 9.59 Å². The van der Waals surface area contributed by atoms with Gasteiger partial charge in [0, 0.05) is 24.3 Å². The predicted molar refractivity (Wildman–Crippen MR) is 131 cm³/mol. The minimum atomic E-state index is -0.749. The van der Waals surface area contributed by atoms with Crippen LogP contribution >= 0.6 is 46.4 Å². The molecule has 6 nitrogen and oxygen atoms in total. The van der Waals surface area contributed by atoms with E-state index in [1.54, 1.807) is 24.3 Å². The van der Waals surface area contributed by atoms with Gasteiger partial charge in [0.2, 0.25) is 0 Å². The summed E-state index contributed by atoms with van der Waals surface area (Å²) < 4.78 is 0. The average Bonchev–Trinajstić information content (AvgIpc) is 3.00. The van der Waals surface area contributed by atoms with Gasteiger partial charge in [-0.15, -0.1) is 0 Å². The number of hydrogen-bond donors (Lipinski definition) is 1. The van der Waals surface area contributed by atoms with E-state index in [0.717, 1.165) is 43.7 Å². The number of carbonyl (C=O) groups excluding carboxylic acids is 3. The van der Waals surface area contributed by atoms with Gasteiger partial charge in [0.15, 0.2) is 0 Å². The quantitative estimate of drug-likeness (QED) is 0.386. The summed E-state index contributed by atoms with van der Waals surface area (Å²) in [6.45, 7) is 1.44. The zero-order valence-corrected chi connectivity index (χ0v) is 20.4. The molecule has 3 amide bonds. The van der Waals surface area contributed by atoms with Gasteiger partial charge in [-0.2, -0.15) is 0 Å². The highest BCUT2D eigenvalue weighted by atomic mass is 35.5. The molecule has 33 heavy (non-hydrogen) atoms. The van der Waals surface area contributed by atoms with Crippen molar-refractivity contribution in [1.82, 2.24) is 4.90 Å². The van der Waals surface area contributed by atoms with E-state index in [1.807, 2.05) is 4.90 Å². The van der Waals surface area contributed by atoms with Crippen molar-refractivity contribution < 1.29 is 14.4 Å². The van der Waals surface area contributed by atoms with Gasteiger partial charge in [-0.1, -0.05) is 65.3 Å². The number of nitrogens with one attached hydrogen (secondary N) is 1. The van der Waals surface area contributed by atoms with Crippen molar-refractivity contribution in [3.63, 3.8) is 0 Å². The summed E-state index contributed by atoms with van der Waals surface area (Å²) in [6.07, 6.45) is 4.20. The van der Waals surface area contributed by atoms with Crippen molar-refractivity contribution in [2.75, 3.05) is 23.3 Å². The first kappa shape index (κ1) is 23.9. The molecule has 1 N–H and O–H groups in total. The summed E-state index contributed by atoms with van der Waals surface area (Å²) in [6, 6.07) is 9.42. The normalized spacial score (nSPS) is 17.0. The molecular formula is C23H19Cl4N3O3. The van der Waals surface area contributed by atoms with Crippen LogP contribution in [0.1, 0.15) is 36.0 Å². The van der Waals surface area contributed by atoms with Crippen molar-refractivity contribution in [2.24, 2.45) is 0 Å². The summed E-state index contributed by atoms with van der Waals surface area (Å²) in [5.41, 5.74) is 0.885. The zero-order valence-electron chi connectivity index (χ0n) is 17.3. The van der Waals surface area contributed by atoms with Gasteiger partial charge in [0.25, 0.3) is 17.7 Å².